The SMILES string of the molecule is CSc1ccc(C2=Nc3ccccc3-c3nc(N)nn4ccc2c34)cc1. The lowest BCUT2D eigenvalue weighted by molar-refractivity contribution is 0.920. The first-order valence-corrected chi connectivity index (χ1v) is 9.45. The average molecular weight is 357 g/mol. The van der Waals surface area contributed by atoms with Gasteiger partial charge in [-0.1, -0.05) is 30.3 Å². The lowest BCUT2D eigenvalue weighted by Crippen LogP contribution is -2.05. The van der Waals surface area contributed by atoms with Crippen molar-refractivity contribution in [2.75, 3.05) is 12.0 Å². The predicted octanol–water partition coefficient (Wildman–Crippen LogP) is 4.18. The Hall–Kier alpha value is -3.12. The van der Waals surface area contributed by atoms with Crippen molar-refractivity contribution >= 4 is 34.6 Å². The van der Waals surface area contributed by atoms with Gasteiger partial charge in [-0.15, -0.1) is 16.9 Å². The van der Waals surface area contributed by atoms with Crippen LogP contribution in [0.25, 0.3) is 16.8 Å². The van der Waals surface area contributed by atoms with Crippen LogP contribution in [0.1, 0.15) is 11.1 Å². The molecule has 126 valence electrons. The molecule has 5 nitrogen and oxygen atoms in total. The molecule has 0 saturated carbocycles. The Labute approximate surface area is 154 Å². The van der Waals surface area contributed by atoms with Crippen molar-refractivity contribution in [3.8, 4) is 11.3 Å². The molecule has 0 radical (unpaired) electrons. The number of rotatable bonds is 2. The zero-order valence-electron chi connectivity index (χ0n) is 14.0. The molecule has 6 heteroatoms. The van der Waals surface area contributed by atoms with Crippen LogP contribution in [0.15, 0.2) is 70.7 Å². The molecular formula is C20H15N5S. The third-order valence-electron chi connectivity index (χ3n) is 4.54. The number of hydrogen-bond acceptors (Lipinski definition) is 5. The number of nitrogen functional groups attached to an aromatic ring is 1. The molecular weight excluding hydrogens is 342 g/mol. The molecule has 0 fully saturated rings. The van der Waals surface area contributed by atoms with Gasteiger partial charge in [-0.05, 0) is 30.5 Å². The van der Waals surface area contributed by atoms with Crippen LogP contribution < -0.4 is 5.73 Å². The van der Waals surface area contributed by atoms with E-state index in [0.29, 0.717) is 0 Å². The van der Waals surface area contributed by atoms with Gasteiger partial charge in [-0.2, -0.15) is 0 Å². The average Bonchev–Trinajstić information content (AvgIpc) is 3.03. The zero-order chi connectivity index (χ0) is 17.7. The molecule has 0 saturated heterocycles. The number of aromatic nitrogens is 3. The molecule has 2 aromatic heterocycles. The highest BCUT2D eigenvalue weighted by molar-refractivity contribution is 7.98. The molecule has 0 aliphatic carbocycles. The van der Waals surface area contributed by atoms with Gasteiger partial charge in [-0.25, -0.2) is 14.5 Å². The fourth-order valence-electron chi connectivity index (χ4n) is 3.34. The summed E-state index contributed by atoms with van der Waals surface area (Å²) in [5, 5.41) is 4.33. The normalized spacial score (nSPS) is 12.6. The van der Waals surface area contributed by atoms with Crippen LogP contribution >= 0.6 is 11.8 Å². The maximum Gasteiger partial charge on any atom is 0.238 e. The Kier molecular flexibility index (Phi) is 3.33. The van der Waals surface area contributed by atoms with E-state index in [0.717, 1.165) is 39.3 Å². The van der Waals surface area contributed by atoms with Gasteiger partial charge in [0.2, 0.25) is 5.95 Å². The number of benzene rings is 2. The van der Waals surface area contributed by atoms with Gasteiger partial charge < -0.3 is 5.73 Å². The second kappa shape index (κ2) is 5.71. The number of nitrogens with zero attached hydrogens (tertiary/aromatic N) is 4. The highest BCUT2D eigenvalue weighted by Crippen LogP contribution is 2.38. The van der Waals surface area contributed by atoms with Crippen molar-refractivity contribution in [1.82, 2.24) is 14.6 Å². The van der Waals surface area contributed by atoms with Gasteiger partial charge in [0.05, 0.1) is 11.4 Å². The third-order valence-corrected chi connectivity index (χ3v) is 5.28. The van der Waals surface area contributed by atoms with Crippen molar-refractivity contribution in [2.45, 2.75) is 4.90 Å². The summed E-state index contributed by atoms with van der Waals surface area (Å²) in [6.07, 6.45) is 3.98. The minimum Gasteiger partial charge on any atom is -0.367 e. The molecule has 0 atom stereocenters. The summed E-state index contributed by atoms with van der Waals surface area (Å²) in [5.74, 6) is 0.247. The maximum absolute atomic E-state index is 5.94. The van der Waals surface area contributed by atoms with Crippen molar-refractivity contribution in [1.29, 1.82) is 0 Å². The van der Waals surface area contributed by atoms with E-state index in [9.17, 15) is 0 Å². The standard InChI is InChI=1S/C20H15N5S/c1-26-13-8-6-12(7-9-13)17-15-10-11-25-19(15)18(23-20(21)24-25)14-4-2-3-5-16(14)22-17/h2-11H,1H3,(H2,21,24). The van der Waals surface area contributed by atoms with Crippen molar-refractivity contribution in [2.24, 2.45) is 4.99 Å². The molecule has 0 spiro atoms. The molecule has 2 N–H and O–H groups in total. The number of anilines is 1. The largest absolute Gasteiger partial charge is 0.367 e. The first-order valence-electron chi connectivity index (χ1n) is 8.22. The van der Waals surface area contributed by atoms with Gasteiger partial charge in [0, 0.05) is 27.8 Å². The molecule has 1 aliphatic rings. The van der Waals surface area contributed by atoms with Crippen LogP contribution in [-0.4, -0.2) is 26.6 Å². The van der Waals surface area contributed by atoms with E-state index >= 15 is 0 Å². The van der Waals surface area contributed by atoms with Gasteiger partial charge in [0.15, 0.2) is 0 Å². The van der Waals surface area contributed by atoms with Gasteiger partial charge in [0.1, 0.15) is 11.2 Å². The van der Waals surface area contributed by atoms with Crippen LogP contribution in [0.4, 0.5) is 11.6 Å². The first kappa shape index (κ1) is 15.2. The Morgan fingerprint density at radius 3 is 2.58 bits per heavy atom. The van der Waals surface area contributed by atoms with Crippen LogP contribution in [0.3, 0.4) is 0 Å². The minimum absolute atomic E-state index is 0.247. The molecule has 0 unspecified atom stereocenters. The molecule has 0 bridgehead atoms. The molecule has 1 aliphatic heterocycles. The smallest absolute Gasteiger partial charge is 0.238 e. The molecule has 0 amide bonds. The summed E-state index contributed by atoms with van der Waals surface area (Å²) in [7, 11) is 0. The summed E-state index contributed by atoms with van der Waals surface area (Å²) in [6, 6.07) is 18.5. The minimum atomic E-state index is 0.247. The van der Waals surface area contributed by atoms with E-state index in [1.807, 2.05) is 36.5 Å². The summed E-state index contributed by atoms with van der Waals surface area (Å²) in [4.78, 5) is 10.7. The van der Waals surface area contributed by atoms with Crippen LogP contribution in [0.5, 0.6) is 0 Å². The third kappa shape index (κ3) is 2.23. The summed E-state index contributed by atoms with van der Waals surface area (Å²) < 4.78 is 1.79. The maximum atomic E-state index is 5.94. The lowest BCUT2D eigenvalue weighted by Gasteiger charge is -2.06. The Balaban J connectivity index is 1.86. The van der Waals surface area contributed by atoms with Crippen molar-refractivity contribution in [3.63, 3.8) is 0 Å². The summed E-state index contributed by atoms with van der Waals surface area (Å²) >= 11 is 1.73. The summed E-state index contributed by atoms with van der Waals surface area (Å²) in [5.41, 5.74) is 12.5. The topological polar surface area (TPSA) is 68.6 Å². The van der Waals surface area contributed by atoms with Crippen LogP contribution in [0, 0.1) is 0 Å². The highest BCUT2D eigenvalue weighted by Gasteiger charge is 2.23. The van der Waals surface area contributed by atoms with E-state index in [1.54, 1.807) is 16.3 Å². The van der Waals surface area contributed by atoms with E-state index in [1.165, 1.54) is 4.90 Å². The second-order valence-corrected chi connectivity index (χ2v) is 6.93. The molecule has 2 aromatic carbocycles. The van der Waals surface area contributed by atoms with E-state index < -0.39 is 0 Å². The molecule has 4 aromatic rings. The number of hydrogen-bond donors (Lipinski definition) is 1. The van der Waals surface area contributed by atoms with Crippen molar-refractivity contribution in [3.05, 3.63) is 71.9 Å². The summed E-state index contributed by atoms with van der Waals surface area (Å²) in [6.45, 7) is 0. The van der Waals surface area contributed by atoms with Gasteiger partial charge >= 0.3 is 0 Å². The molecule has 5 rings (SSSR count). The number of fused-ring (bicyclic) bond motifs is 2. The quantitative estimate of drug-likeness (QED) is 0.481. The number of thioether (sulfide) groups is 1. The number of para-hydroxylation sites is 1. The lowest BCUT2D eigenvalue weighted by atomic mass is 10.0. The Bertz CT molecular complexity index is 1170. The molecule has 3 heterocycles. The fourth-order valence-corrected chi connectivity index (χ4v) is 3.75. The van der Waals surface area contributed by atoms with E-state index in [4.69, 9.17) is 10.7 Å². The monoisotopic (exact) mass is 357 g/mol. The first-order chi connectivity index (χ1) is 12.7. The van der Waals surface area contributed by atoms with Crippen LogP contribution in [0.2, 0.25) is 0 Å². The fraction of sp³-hybridized carbons (Fsp3) is 0.0500. The van der Waals surface area contributed by atoms with Gasteiger partial charge in [-0.3, -0.25) is 0 Å². The Morgan fingerprint density at radius 1 is 0.962 bits per heavy atom. The predicted molar refractivity (Wildman–Crippen MR) is 106 cm³/mol. The molecule has 26 heavy (non-hydrogen) atoms. The van der Waals surface area contributed by atoms with E-state index in [-0.39, 0.29) is 5.95 Å². The zero-order valence-corrected chi connectivity index (χ0v) is 14.9. The van der Waals surface area contributed by atoms with Crippen LogP contribution in [-0.2, 0) is 0 Å². The van der Waals surface area contributed by atoms with Crippen molar-refractivity contribution < 1.29 is 0 Å². The van der Waals surface area contributed by atoms with E-state index in [2.05, 4.69) is 40.6 Å². The van der Waals surface area contributed by atoms with Gasteiger partial charge in [0.25, 0.3) is 0 Å². The number of aliphatic imine (C=N–C) groups is 1. The second-order valence-electron chi connectivity index (χ2n) is 6.05. The highest BCUT2D eigenvalue weighted by atomic mass is 32.2. The number of nitrogens with two attached hydrogens (primary N) is 1. The Morgan fingerprint density at radius 2 is 1.77 bits per heavy atom.